The predicted octanol–water partition coefficient (Wildman–Crippen LogP) is 14.2. The molecule has 0 saturated carbocycles. The molecule has 0 aliphatic carbocycles. The van der Waals surface area contributed by atoms with Crippen LogP contribution in [0.1, 0.15) is 239 Å². The van der Waals surface area contributed by atoms with Gasteiger partial charge in [-0.25, -0.2) is 0 Å². The number of hydrogen-bond acceptors (Lipinski definition) is 3. The highest BCUT2D eigenvalue weighted by molar-refractivity contribution is 5.76. The van der Waals surface area contributed by atoms with Gasteiger partial charge in [-0.3, -0.25) is 4.79 Å². The summed E-state index contributed by atoms with van der Waals surface area (Å²) in [5, 5.41) is 22.9. The van der Waals surface area contributed by atoms with Crippen molar-refractivity contribution >= 4 is 5.91 Å². The van der Waals surface area contributed by atoms with E-state index in [0.717, 1.165) is 44.9 Å². The number of rotatable bonds is 41. The molecule has 3 N–H and O–H groups in total. The number of hydrogen-bond donors (Lipinski definition) is 3. The van der Waals surface area contributed by atoms with Gasteiger partial charge in [0.2, 0.25) is 5.91 Å². The Kier molecular flexibility index (Phi) is 41.8. The zero-order valence-corrected chi connectivity index (χ0v) is 34.4. The van der Waals surface area contributed by atoms with E-state index in [1.165, 1.54) is 173 Å². The molecule has 2 unspecified atom stereocenters. The molecule has 0 spiro atoms. The fourth-order valence-corrected chi connectivity index (χ4v) is 6.87. The average molecular weight is 716 g/mol. The molecule has 0 aromatic heterocycles. The summed E-state index contributed by atoms with van der Waals surface area (Å²) in [5.41, 5.74) is 0. The lowest BCUT2D eigenvalue weighted by molar-refractivity contribution is -0.123. The van der Waals surface area contributed by atoms with Crippen LogP contribution in [0, 0.1) is 0 Å². The van der Waals surface area contributed by atoms with E-state index in [0.29, 0.717) is 6.42 Å². The van der Waals surface area contributed by atoms with E-state index in [9.17, 15) is 15.0 Å². The minimum atomic E-state index is -0.865. The smallest absolute Gasteiger partial charge is 0.220 e. The van der Waals surface area contributed by atoms with Crippen LogP contribution >= 0.6 is 0 Å². The number of aliphatic hydroxyl groups excluding tert-OH is 2. The monoisotopic (exact) mass is 716 g/mol. The number of nitrogens with one attached hydrogen (secondary N) is 1. The summed E-state index contributed by atoms with van der Waals surface area (Å²) in [5.74, 6) is -0.0766. The summed E-state index contributed by atoms with van der Waals surface area (Å²) in [6.45, 7) is 4.23. The van der Waals surface area contributed by atoms with Gasteiger partial charge in [0.05, 0.1) is 18.8 Å². The summed E-state index contributed by atoms with van der Waals surface area (Å²) in [4.78, 5) is 12.4. The van der Waals surface area contributed by atoms with E-state index in [1.807, 2.05) is 6.08 Å². The van der Waals surface area contributed by atoms with Crippen LogP contribution < -0.4 is 5.32 Å². The molecule has 0 rings (SSSR count). The maximum absolute atomic E-state index is 12.4. The van der Waals surface area contributed by atoms with Gasteiger partial charge in [0.1, 0.15) is 0 Å². The molecule has 4 nitrogen and oxygen atoms in total. The highest BCUT2D eigenvalue weighted by Crippen LogP contribution is 2.16. The van der Waals surface area contributed by atoms with Crippen LogP contribution in [-0.4, -0.2) is 34.9 Å². The molecule has 0 aliphatic heterocycles. The lowest BCUT2D eigenvalue weighted by atomic mass is 10.0. The minimum Gasteiger partial charge on any atom is -0.394 e. The molecule has 0 aromatic rings. The molecule has 300 valence electrons. The van der Waals surface area contributed by atoms with Gasteiger partial charge in [-0.05, 0) is 38.5 Å². The van der Waals surface area contributed by atoms with Crippen LogP contribution in [0.2, 0.25) is 0 Å². The fraction of sp³-hybridized carbons (Fsp3) is 0.851. The van der Waals surface area contributed by atoms with Crippen molar-refractivity contribution in [3.05, 3.63) is 36.5 Å². The van der Waals surface area contributed by atoms with Crippen molar-refractivity contribution in [2.45, 2.75) is 251 Å². The van der Waals surface area contributed by atoms with Crippen molar-refractivity contribution in [2.24, 2.45) is 0 Å². The zero-order chi connectivity index (χ0) is 37.1. The van der Waals surface area contributed by atoms with Crippen molar-refractivity contribution in [3.8, 4) is 0 Å². The Labute approximate surface area is 319 Å². The summed E-state index contributed by atoms with van der Waals surface area (Å²) < 4.78 is 0. The van der Waals surface area contributed by atoms with Crippen LogP contribution in [0.5, 0.6) is 0 Å². The Hall–Kier alpha value is -1.39. The van der Waals surface area contributed by atoms with Gasteiger partial charge >= 0.3 is 0 Å². The summed E-state index contributed by atoms with van der Waals surface area (Å²) in [6, 6.07) is -0.641. The number of aliphatic hydroxyl groups is 2. The third-order valence-electron chi connectivity index (χ3n) is 10.3. The molecule has 0 aliphatic rings. The number of carbonyl (C=O) groups excluding carboxylic acids is 1. The normalized spacial score (nSPS) is 13.3. The highest BCUT2D eigenvalue weighted by Gasteiger charge is 2.17. The van der Waals surface area contributed by atoms with Crippen molar-refractivity contribution in [3.63, 3.8) is 0 Å². The minimum absolute atomic E-state index is 0.0766. The van der Waals surface area contributed by atoms with Crippen LogP contribution in [0.4, 0.5) is 0 Å². The van der Waals surface area contributed by atoms with Crippen molar-refractivity contribution in [1.82, 2.24) is 5.32 Å². The summed E-state index contributed by atoms with van der Waals surface area (Å²) in [7, 11) is 0. The molecule has 0 fully saturated rings. The van der Waals surface area contributed by atoms with Gasteiger partial charge in [-0.2, -0.15) is 0 Å². The molecular weight excluding hydrogens is 627 g/mol. The standard InChI is InChI=1S/C47H89NO3/c1-3-5-7-9-11-13-15-16-17-18-19-20-21-22-23-24-25-26-27-28-29-30-31-33-35-37-39-41-43-47(51)48-45(44-49)46(50)42-40-38-36-34-32-14-12-10-8-6-4-2/h8,10,32,34,40,42,45-46,49-50H,3-7,9,11-31,33,35-39,41,43-44H2,1-2H3,(H,48,51)/b10-8+,34-32+,42-40+. The van der Waals surface area contributed by atoms with Crippen LogP contribution in [-0.2, 0) is 4.79 Å². The van der Waals surface area contributed by atoms with Crippen LogP contribution in [0.25, 0.3) is 0 Å². The Morgan fingerprint density at radius 2 is 0.765 bits per heavy atom. The second-order valence-electron chi connectivity index (χ2n) is 15.5. The molecule has 0 heterocycles. The Morgan fingerprint density at radius 1 is 0.451 bits per heavy atom. The third-order valence-corrected chi connectivity index (χ3v) is 10.3. The van der Waals surface area contributed by atoms with Gasteiger partial charge in [-0.15, -0.1) is 0 Å². The van der Waals surface area contributed by atoms with Crippen molar-refractivity contribution in [1.29, 1.82) is 0 Å². The van der Waals surface area contributed by atoms with Gasteiger partial charge < -0.3 is 15.5 Å². The van der Waals surface area contributed by atoms with E-state index in [2.05, 4.69) is 43.5 Å². The van der Waals surface area contributed by atoms with Crippen molar-refractivity contribution in [2.75, 3.05) is 6.61 Å². The first-order valence-electron chi connectivity index (χ1n) is 22.7. The summed E-state index contributed by atoms with van der Waals surface area (Å²) in [6.07, 6.45) is 57.1. The second-order valence-corrected chi connectivity index (χ2v) is 15.5. The van der Waals surface area contributed by atoms with Crippen LogP contribution in [0.15, 0.2) is 36.5 Å². The first-order valence-corrected chi connectivity index (χ1v) is 22.7. The maximum atomic E-state index is 12.4. The van der Waals surface area contributed by atoms with E-state index >= 15 is 0 Å². The SMILES string of the molecule is CCC/C=C/CC/C=C/CC/C=C/C(O)C(CO)NC(=O)CCCCCCCCCCCCCCCCCCCCCCCCCCCCCC. The van der Waals surface area contributed by atoms with Gasteiger partial charge in [-0.1, -0.05) is 230 Å². The molecule has 0 saturated heterocycles. The molecule has 0 aromatic carbocycles. The fourth-order valence-electron chi connectivity index (χ4n) is 6.87. The topological polar surface area (TPSA) is 69.6 Å². The molecule has 0 bridgehead atoms. The molecule has 51 heavy (non-hydrogen) atoms. The van der Waals surface area contributed by atoms with Gasteiger partial charge in [0.25, 0.3) is 0 Å². The Bertz CT molecular complexity index is 775. The average Bonchev–Trinajstić information content (AvgIpc) is 3.13. The van der Waals surface area contributed by atoms with E-state index < -0.39 is 12.1 Å². The second kappa shape index (κ2) is 43.0. The molecule has 0 radical (unpaired) electrons. The molecule has 1 amide bonds. The number of amides is 1. The number of carbonyl (C=O) groups is 1. The van der Waals surface area contributed by atoms with Gasteiger partial charge in [0.15, 0.2) is 0 Å². The number of allylic oxidation sites excluding steroid dienone is 5. The van der Waals surface area contributed by atoms with E-state index in [-0.39, 0.29) is 12.5 Å². The quantitative estimate of drug-likeness (QED) is 0.0436. The lowest BCUT2D eigenvalue weighted by Crippen LogP contribution is -2.45. The maximum Gasteiger partial charge on any atom is 0.220 e. The van der Waals surface area contributed by atoms with Crippen molar-refractivity contribution < 1.29 is 15.0 Å². The first-order chi connectivity index (χ1) is 25.2. The molecule has 2 atom stereocenters. The van der Waals surface area contributed by atoms with E-state index in [1.54, 1.807) is 6.08 Å². The largest absolute Gasteiger partial charge is 0.394 e. The molecular formula is C47H89NO3. The highest BCUT2D eigenvalue weighted by atomic mass is 16.3. The van der Waals surface area contributed by atoms with Crippen LogP contribution in [0.3, 0.4) is 0 Å². The third kappa shape index (κ3) is 39.6. The molecule has 4 heteroatoms. The number of unbranched alkanes of at least 4 members (excludes halogenated alkanes) is 30. The zero-order valence-electron chi connectivity index (χ0n) is 34.4. The Morgan fingerprint density at radius 3 is 1.10 bits per heavy atom. The van der Waals surface area contributed by atoms with Gasteiger partial charge in [0, 0.05) is 6.42 Å². The lowest BCUT2D eigenvalue weighted by Gasteiger charge is -2.19. The summed E-state index contributed by atoms with van der Waals surface area (Å²) >= 11 is 0. The predicted molar refractivity (Wildman–Crippen MR) is 225 cm³/mol. The first kappa shape index (κ1) is 49.6. The Balaban J connectivity index is 3.45. The van der Waals surface area contributed by atoms with E-state index in [4.69, 9.17) is 0 Å².